The fraction of sp³-hybridized carbons (Fsp3) is 0.562. The van der Waals surface area contributed by atoms with Crippen molar-refractivity contribution in [1.29, 1.82) is 0 Å². The summed E-state index contributed by atoms with van der Waals surface area (Å²) in [5.41, 5.74) is 3.65. The highest BCUT2D eigenvalue weighted by molar-refractivity contribution is 6.31. The van der Waals surface area contributed by atoms with Crippen LogP contribution in [0.1, 0.15) is 103 Å². The zero-order valence-electron chi connectivity index (χ0n) is 22.5. The van der Waals surface area contributed by atoms with Crippen molar-refractivity contribution in [2.45, 2.75) is 77.2 Å². The maximum absolute atomic E-state index is 13.7. The molecule has 0 spiro atoms. The maximum atomic E-state index is 13.7. The standard InChI is InChI=1S/C32H42N2O3/c1-21-9-11-22(12-10-21)17-19-33-27-7-3-5-25-29(27)31(35)26-6-4-8-28(30(26)32(25)36)34-20-18-23-13-15-24(37-2)16-14-23/h3-8,21-24,33-34H,9-20H2,1-2H3. The lowest BCUT2D eigenvalue weighted by molar-refractivity contribution is 0.0561. The number of rotatable bonds is 9. The Balaban J connectivity index is 1.25. The lowest BCUT2D eigenvalue weighted by atomic mass is 9.81. The number of methoxy groups -OCH3 is 1. The fourth-order valence-corrected chi connectivity index (χ4v) is 6.63. The number of fused-ring (bicyclic) bond motifs is 2. The molecule has 0 radical (unpaired) electrons. The van der Waals surface area contributed by atoms with Crippen molar-refractivity contribution in [3.05, 3.63) is 58.7 Å². The van der Waals surface area contributed by atoms with Crippen LogP contribution in [-0.2, 0) is 4.74 Å². The Hall–Kier alpha value is -2.66. The Labute approximate surface area is 221 Å². The van der Waals surface area contributed by atoms with E-state index in [-0.39, 0.29) is 11.6 Å². The van der Waals surface area contributed by atoms with E-state index in [1.54, 1.807) is 19.2 Å². The topological polar surface area (TPSA) is 67.4 Å². The fourth-order valence-electron chi connectivity index (χ4n) is 6.63. The van der Waals surface area contributed by atoms with E-state index in [9.17, 15) is 9.59 Å². The van der Waals surface area contributed by atoms with Crippen LogP contribution in [0.4, 0.5) is 11.4 Å². The summed E-state index contributed by atoms with van der Waals surface area (Å²) in [5.74, 6) is 2.18. The molecule has 198 valence electrons. The lowest BCUT2D eigenvalue weighted by Gasteiger charge is -2.28. The van der Waals surface area contributed by atoms with Gasteiger partial charge in [-0.1, -0.05) is 56.9 Å². The molecule has 0 saturated heterocycles. The van der Waals surface area contributed by atoms with Crippen LogP contribution in [0.5, 0.6) is 0 Å². The molecule has 37 heavy (non-hydrogen) atoms. The number of hydrogen-bond donors (Lipinski definition) is 2. The van der Waals surface area contributed by atoms with Gasteiger partial charge >= 0.3 is 0 Å². The predicted molar refractivity (Wildman–Crippen MR) is 150 cm³/mol. The molecule has 0 amide bonds. The molecule has 2 aromatic rings. The van der Waals surface area contributed by atoms with Crippen molar-refractivity contribution in [3.8, 4) is 0 Å². The predicted octanol–water partition coefficient (Wildman–Crippen LogP) is 7.10. The maximum Gasteiger partial charge on any atom is 0.196 e. The molecule has 0 heterocycles. The van der Waals surface area contributed by atoms with Crippen molar-refractivity contribution < 1.29 is 14.3 Å². The van der Waals surface area contributed by atoms with E-state index in [4.69, 9.17) is 4.74 Å². The Morgan fingerprint density at radius 3 is 1.62 bits per heavy atom. The van der Waals surface area contributed by atoms with Crippen molar-refractivity contribution in [1.82, 2.24) is 0 Å². The van der Waals surface area contributed by atoms with Gasteiger partial charge in [-0.05, 0) is 68.4 Å². The number of anilines is 2. The third kappa shape index (κ3) is 5.77. The molecule has 3 aliphatic carbocycles. The summed E-state index contributed by atoms with van der Waals surface area (Å²) in [6, 6.07) is 11.3. The zero-order valence-corrected chi connectivity index (χ0v) is 22.5. The number of carbonyl (C=O) groups is 2. The van der Waals surface area contributed by atoms with Crippen molar-refractivity contribution in [3.63, 3.8) is 0 Å². The van der Waals surface area contributed by atoms with Crippen LogP contribution < -0.4 is 10.6 Å². The first-order valence-electron chi connectivity index (χ1n) is 14.4. The summed E-state index contributed by atoms with van der Waals surface area (Å²) in [6.07, 6.45) is 12.4. The largest absolute Gasteiger partial charge is 0.384 e. The Bertz CT molecular complexity index is 1110. The van der Waals surface area contributed by atoms with Gasteiger partial charge < -0.3 is 15.4 Å². The summed E-state index contributed by atoms with van der Waals surface area (Å²) >= 11 is 0. The number of nitrogens with one attached hydrogen (secondary N) is 2. The van der Waals surface area contributed by atoms with Crippen LogP contribution in [-0.4, -0.2) is 37.9 Å². The van der Waals surface area contributed by atoms with E-state index in [0.717, 1.165) is 62.0 Å². The normalized spacial score (nSPS) is 25.4. The quantitative estimate of drug-likeness (QED) is 0.327. The molecular formula is C32H42N2O3. The smallest absolute Gasteiger partial charge is 0.196 e. The first kappa shape index (κ1) is 26.0. The van der Waals surface area contributed by atoms with Crippen LogP contribution in [0, 0.1) is 17.8 Å². The zero-order chi connectivity index (χ0) is 25.8. The Morgan fingerprint density at radius 1 is 0.703 bits per heavy atom. The van der Waals surface area contributed by atoms with Crippen LogP contribution >= 0.6 is 0 Å². The number of ether oxygens (including phenoxy) is 1. The highest BCUT2D eigenvalue weighted by Crippen LogP contribution is 2.36. The molecule has 0 bridgehead atoms. The number of carbonyl (C=O) groups excluding carboxylic acids is 2. The van der Waals surface area contributed by atoms with E-state index in [0.29, 0.717) is 34.3 Å². The van der Waals surface area contributed by atoms with Gasteiger partial charge in [-0.3, -0.25) is 9.59 Å². The third-order valence-electron chi connectivity index (χ3n) is 9.07. The lowest BCUT2D eigenvalue weighted by Crippen LogP contribution is -2.25. The minimum absolute atomic E-state index is 0.0549. The molecule has 5 heteroatoms. The monoisotopic (exact) mass is 502 g/mol. The Kier molecular flexibility index (Phi) is 8.29. The van der Waals surface area contributed by atoms with E-state index in [1.165, 1.54) is 38.5 Å². The molecule has 2 saturated carbocycles. The van der Waals surface area contributed by atoms with Crippen LogP contribution in [0.25, 0.3) is 0 Å². The van der Waals surface area contributed by atoms with Gasteiger partial charge in [0.25, 0.3) is 0 Å². The van der Waals surface area contributed by atoms with Gasteiger partial charge in [-0.2, -0.15) is 0 Å². The molecule has 0 unspecified atom stereocenters. The third-order valence-corrected chi connectivity index (χ3v) is 9.07. The molecule has 0 aliphatic heterocycles. The molecule has 0 atom stereocenters. The highest BCUT2D eigenvalue weighted by Gasteiger charge is 2.33. The van der Waals surface area contributed by atoms with Gasteiger partial charge in [0.1, 0.15) is 0 Å². The second kappa shape index (κ2) is 11.8. The number of ketones is 2. The highest BCUT2D eigenvalue weighted by atomic mass is 16.5. The average Bonchev–Trinajstić information content (AvgIpc) is 2.93. The minimum atomic E-state index is -0.0572. The molecule has 0 aromatic heterocycles. The van der Waals surface area contributed by atoms with Gasteiger partial charge in [-0.25, -0.2) is 0 Å². The first-order chi connectivity index (χ1) is 18.0. The molecule has 2 N–H and O–H groups in total. The van der Waals surface area contributed by atoms with Crippen molar-refractivity contribution in [2.24, 2.45) is 17.8 Å². The van der Waals surface area contributed by atoms with E-state index >= 15 is 0 Å². The van der Waals surface area contributed by atoms with Crippen LogP contribution in [0.3, 0.4) is 0 Å². The number of benzene rings is 2. The van der Waals surface area contributed by atoms with Crippen molar-refractivity contribution >= 4 is 22.9 Å². The average molecular weight is 503 g/mol. The van der Waals surface area contributed by atoms with Gasteiger partial charge in [-0.15, -0.1) is 0 Å². The second-order valence-electron chi connectivity index (χ2n) is 11.5. The molecule has 3 aliphatic rings. The summed E-state index contributed by atoms with van der Waals surface area (Å²) in [4.78, 5) is 27.4. The van der Waals surface area contributed by atoms with Gasteiger partial charge in [0.15, 0.2) is 11.6 Å². The molecule has 5 rings (SSSR count). The summed E-state index contributed by atoms with van der Waals surface area (Å²) in [7, 11) is 1.80. The summed E-state index contributed by atoms with van der Waals surface area (Å²) in [5, 5.41) is 7.00. The van der Waals surface area contributed by atoms with Crippen LogP contribution in [0.2, 0.25) is 0 Å². The van der Waals surface area contributed by atoms with Crippen molar-refractivity contribution in [2.75, 3.05) is 30.8 Å². The molecule has 2 aromatic carbocycles. The van der Waals surface area contributed by atoms with Gasteiger partial charge in [0, 0.05) is 42.7 Å². The second-order valence-corrected chi connectivity index (χ2v) is 11.5. The number of hydrogen-bond acceptors (Lipinski definition) is 5. The SMILES string of the molecule is COC1CCC(CCNc2cccc3c2C(=O)c2cccc(NCCC4CCC(C)CC4)c2C3=O)CC1. The first-order valence-corrected chi connectivity index (χ1v) is 14.4. The molecular weight excluding hydrogens is 460 g/mol. The summed E-state index contributed by atoms with van der Waals surface area (Å²) < 4.78 is 5.50. The van der Waals surface area contributed by atoms with E-state index in [2.05, 4.69) is 17.6 Å². The molecule has 5 nitrogen and oxygen atoms in total. The van der Waals surface area contributed by atoms with Crippen LogP contribution in [0.15, 0.2) is 36.4 Å². The van der Waals surface area contributed by atoms with Gasteiger partial charge in [0.2, 0.25) is 0 Å². The van der Waals surface area contributed by atoms with Gasteiger partial charge in [0.05, 0.1) is 17.2 Å². The Morgan fingerprint density at radius 2 is 1.16 bits per heavy atom. The summed E-state index contributed by atoms with van der Waals surface area (Å²) in [6.45, 7) is 3.98. The minimum Gasteiger partial charge on any atom is -0.384 e. The van der Waals surface area contributed by atoms with E-state index < -0.39 is 0 Å². The molecule has 2 fully saturated rings. The van der Waals surface area contributed by atoms with E-state index in [1.807, 2.05) is 24.3 Å².